The first kappa shape index (κ1) is 3.44. The monoisotopic (exact) mass is 114 g/mol. The van der Waals surface area contributed by atoms with Crippen LogP contribution in [0.4, 0.5) is 0 Å². The Balaban J connectivity index is 2.80. The van der Waals surface area contributed by atoms with Crippen LogP contribution in [0.15, 0.2) is 6.20 Å². The van der Waals surface area contributed by atoms with Crippen molar-refractivity contribution in [2.75, 3.05) is 0 Å². The van der Waals surface area contributed by atoms with Crippen molar-refractivity contribution < 1.29 is 4.57 Å². The Hall–Kier alpha value is -0.560. The summed E-state index contributed by atoms with van der Waals surface area (Å²) < 4.78 is 10.4. The molecule has 0 aromatic carbocycles. The van der Waals surface area contributed by atoms with Crippen LogP contribution in [0.2, 0.25) is 0 Å². The van der Waals surface area contributed by atoms with E-state index in [1.807, 2.05) is 0 Å². The maximum atomic E-state index is 10.4. The summed E-state index contributed by atoms with van der Waals surface area (Å²) in [5.74, 6) is 0. The van der Waals surface area contributed by atoms with E-state index in [0.717, 1.165) is 10.7 Å². The standard InChI is InChI=1S/C3H3N2OP/c6-7-2-1-4-5-3(2)7/h1,7H,(H,4,5,6). The fourth-order valence-corrected chi connectivity index (χ4v) is 1.57. The zero-order valence-corrected chi connectivity index (χ0v) is 4.43. The van der Waals surface area contributed by atoms with E-state index in [2.05, 4.69) is 10.2 Å². The SMILES string of the molecule is O=[PH]1c2c[nH]nc21. The van der Waals surface area contributed by atoms with Crippen molar-refractivity contribution in [1.82, 2.24) is 10.2 Å². The van der Waals surface area contributed by atoms with Crippen molar-refractivity contribution in [3.05, 3.63) is 6.20 Å². The number of hydrogen-bond acceptors (Lipinski definition) is 2. The van der Waals surface area contributed by atoms with Crippen LogP contribution in [0, 0.1) is 0 Å². The highest BCUT2D eigenvalue weighted by molar-refractivity contribution is 7.73. The first-order valence-electron chi connectivity index (χ1n) is 1.98. The van der Waals surface area contributed by atoms with Gasteiger partial charge in [-0.25, -0.2) is 0 Å². The van der Waals surface area contributed by atoms with Gasteiger partial charge in [-0.1, -0.05) is 0 Å². The second-order valence-electron chi connectivity index (χ2n) is 1.48. The maximum Gasteiger partial charge on any atom is 0.155 e. The van der Waals surface area contributed by atoms with Gasteiger partial charge in [0.25, 0.3) is 0 Å². The van der Waals surface area contributed by atoms with Crippen LogP contribution in [-0.2, 0) is 4.57 Å². The van der Waals surface area contributed by atoms with E-state index in [4.69, 9.17) is 0 Å². The van der Waals surface area contributed by atoms with Gasteiger partial charge in [0.1, 0.15) is 5.44 Å². The zero-order valence-electron chi connectivity index (χ0n) is 3.43. The minimum atomic E-state index is -1.41. The number of rotatable bonds is 0. The molecule has 0 spiro atoms. The van der Waals surface area contributed by atoms with Crippen LogP contribution in [-0.4, -0.2) is 10.2 Å². The summed E-state index contributed by atoms with van der Waals surface area (Å²) in [5.41, 5.74) is 0.796. The zero-order chi connectivity index (χ0) is 4.85. The molecule has 0 amide bonds. The van der Waals surface area contributed by atoms with Gasteiger partial charge in [-0.15, -0.1) is 0 Å². The third kappa shape index (κ3) is 0.270. The highest BCUT2D eigenvalue weighted by atomic mass is 31.1. The average molecular weight is 114 g/mol. The molecule has 1 aliphatic heterocycles. The third-order valence-corrected chi connectivity index (χ3v) is 2.47. The van der Waals surface area contributed by atoms with Gasteiger partial charge in [0, 0.05) is 6.20 Å². The van der Waals surface area contributed by atoms with E-state index in [9.17, 15) is 4.57 Å². The molecule has 0 fully saturated rings. The minimum absolute atomic E-state index is 0.796. The summed E-state index contributed by atoms with van der Waals surface area (Å²) in [6.07, 6.45) is 1.69. The van der Waals surface area contributed by atoms with E-state index in [1.54, 1.807) is 6.20 Å². The lowest BCUT2D eigenvalue weighted by atomic mass is 10.8. The van der Waals surface area contributed by atoms with Gasteiger partial charge >= 0.3 is 0 Å². The lowest BCUT2D eigenvalue weighted by Gasteiger charge is -1.64. The number of aromatic amines is 1. The molecule has 1 N–H and O–H groups in total. The molecule has 7 heavy (non-hydrogen) atoms. The Morgan fingerprint density at radius 3 is 3.00 bits per heavy atom. The Bertz CT molecular complexity index is 208. The first-order valence-corrected chi connectivity index (χ1v) is 3.39. The van der Waals surface area contributed by atoms with Gasteiger partial charge in [0.05, 0.1) is 5.30 Å². The van der Waals surface area contributed by atoms with Gasteiger partial charge in [-0.2, -0.15) is 5.10 Å². The van der Waals surface area contributed by atoms with Gasteiger partial charge < -0.3 is 4.57 Å². The molecule has 0 aliphatic carbocycles. The lowest BCUT2D eigenvalue weighted by molar-refractivity contribution is 0.600. The van der Waals surface area contributed by atoms with E-state index in [1.165, 1.54) is 0 Å². The summed E-state index contributed by atoms with van der Waals surface area (Å²) >= 11 is 0. The molecule has 36 valence electrons. The summed E-state index contributed by atoms with van der Waals surface area (Å²) in [6.45, 7) is 0. The first-order chi connectivity index (χ1) is 3.39. The number of fused-ring (bicyclic) bond motifs is 1. The van der Waals surface area contributed by atoms with Crippen LogP contribution in [0.1, 0.15) is 0 Å². The van der Waals surface area contributed by atoms with E-state index < -0.39 is 7.80 Å². The molecule has 2 rings (SSSR count). The molecule has 1 aromatic heterocycles. The predicted molar refractivity (Wildman–Crippen MR) is 26.9 cm³/mol. The van der Waals surface area contributed by atoms with Gasteiger partial charge in [-0.3, -0.25) is 5.10 Å². The Morgan fingerprint density at radius 1 is 1.86 bits per heavy atom. The Labute approximate surface area is 40.5 Å². The molecule has 2 heterocycles. The molecule has 0 saturated carbocycles. The van der Waals surface area contributed by atoms with Gasteiger partial charge in [-0.05, 0) is 0 Å². The minimum Gasteiger partial charge on any atom is -0.315 e. The fourth-order valence-electron chi connectivity index (χ4n) is 0.580. The molecule has 1 aliphatic rings. The number of nitrogens with one attached hydrogen (secondary N) is 1. The largest absolute Gasteiger partial charge is 0.315 e. The topological polar surface area (TPSA) is 45.8 Å². The van der Waals surface area contributed by atoms with Crippen molar-refractivity contribution >= 4 is 18.5 Å². The van der Waals surface area contributed by atoms with Crippen LogP contribution in [0.25, 0.3) is 0 Å². The quantitative estimate of drug-likeness (QED) is 0.457. The van der Waals surface area contributed by atoms with Crippen LogP contribution >= 0.6 is 7.80 Å². The van der Waals surface area contributed by atoms with E-state index >= 15 is 0 Å². The van der Waals surface area contributed by atoms with Crippen molar-refractivity contribution in [2.45, 2.75) is 0 Å². The summed E-state index contributed by atoms with van der Waals surface area (Å²) in [4.78, 5) is 0. The molecule has 1 aromatic rings. The summed E-state index contributed by atoms with van der Waals surface area (Å²) in [6, 6.07) is 0. The number of aromatic nitrogens is 2. The summed E-state index contributed by atoms with van der Waals surface area (Å²) in [5, 5.41) is 7.24. The molecule has 3 nitrogen and oxygen atoms in total. The molecule has 1 atom stereocenters. The second-order valence-corrected chi connectivity index (χ2v) is 3.15. The molecular weight excluding hydrogens is 111 g/mol. The van der Waals surface area contributed by atoms with Crippen LogP contribution in [0.5, 0.6) is 0 Å². The van der Waals surface area contributed by atoms with E-state index in [0.29, 0.717) is 0 Å². The molecule has 0 bridgehead atoms. The second kappa shape index (κ2) is 0.819. The van der Waals surface area contributed by atoms with Crippen LogP contribution < -0.4 is 10.7 Å². The number of hydrogen-bond donors (Lipinski definition) is 1. The molecule has 1 unspecified atom stereocenters. The highest BCUT2D eigenvalue weighted by Crippen LogP contribution is 2.29. The van der Waals surface area contributed by atoms with Gasteiger partial charge in [0.15, 0.2) is 7.80 Å². The van der Waals surface area contributed by atoms with Crippen molar-refractivity contribution in [1.29, 1.82) is 0 Å². The van der Waals surface area contributed by atoms with Crippen molar-refractivity contribution in [2.24, 2.45) is 0 Å². The third-order valence-electron chi connectivity index (χ3n) is 1.04. The Morgan fingerprint density at radius 2 is 2.71 bits per heavy atom. The molecule has 0 radical (unpaired) electrons. The van der Waals surface area contributed by atoms with Crippen LogP contribution in [0.3, 0.4) is 0 Å². The number of nitrogens with zero attached hydrogens (tertiary/aromatic N) is 1. The van der Waals surface area contributed by atoms with Crippen molar-refractivity contribution in [3.63, 3.8) is 0 Å². The van der Waals surface area contributed by atoms with Gasteiger partial charge in [0.2, 0.25) is 0 Å². The predicted octanol–water partition coefficient (Wildman–Crippen LogP) is -0.766. The molecular formula is C3H3N2OP. The summed E-state index contributed by atoms with van der Waals surface area (Å²) in [7, 11) is -1.41. The number of H-pyrrole nitrogens is 1. The van der Waals surface area contributed by atoms with E-state index in [-0.39, 0.29) is 0 Å². The van der Waals surface area contributed by atoms with Crippen molar-refractivity contribution in [3.8, 4) is 0 Å². The fraction of sp³-hybridized carbons (Fsp3) is 0. The molecule has 4 heteroatoms. The highest BCUT2D eigenvalue weighted by Gasteiger charge is 2.30. The average Bonchev–Trinajstić information content (AvgIpc) is 2.26. The maximum absolute atomic E-state index is 10.4. The smallest absolute Gasteiger partial charge is 0.155 e. The lowest BCUT2D eigenvalue weighted by Crippen LogP contribution is -1.80. The normalized spacial score (nSPS) is 24.3. The Kier molecular flexibility index (Phi) is 0.403. The molecule has 0 saturated heterocycles.